The fourth-order valence-electron chi connectivity index (χ4n) is 2.49. The molecule has 1 heterocycles. The lowest BCUT2D eigenvalue weighted by atomic mass is 10.0. The third kappa shape index (κ3) is 6.93. The minimum absolute atomic E-state index is 0.114. The van der Waals surface area contributed by atoms with Crippen molar-refractivity contribution in [3.8, 4) is 0 Å². The Morgan fingerprint density at radius 3 is 2.45 bits per heavy atom. The summed E-state index contributed by atoms with van der Waals surface area (Å²) in [5.74, 6) is 1.16. The summed E-state index contributed by atoms with van der Waals surface area (Å²) in [6.07, 6.45) is 0. The molecule has 3 aromatic rings. The molecule has 0 aliphatic carbocycles. The van der Waals surface area contributed by atoms with Gasteiger partial charge in [0.25, 0.3) is 5.69 Å². The lowest BCUT2D eigenvalue weighted by Crippen LogP contribution is -2.14. The van der Waals surface area contributed by atoms with Crippen molar-refractivity contribution in [3.05, 3.63) is 68.7 Å². The molecule has 0 saturated carbocycles. The van der Waals surface area contributed by atoms with Crippen molar-refractivity contribution in [1.29, 1.82) is 0 Å². The number of benzene rings is 2. The number of hydrogen-bond acceptors (Lipinski definition) is 8. The van der Waals surface area contributed by atoms with Gasteiger partial charge in [-0.25, -0.2) is 0 Å². The van der Waals surface area contributed by atoms with Crippen molar-refractivity contribution in [2.45, 2.75) is 34.2 Å². The fourth-order valence-corrected chi connectivity index (χ4v) is 5.49. The molecule has 31 heavy (non-hydrogen) atoms. The Morgan fingerprint density at radius 2 is 1.84 bits per heavy atom. The number of thioether (sulfide) groups is 2. The van der Waals surface area contributed by atoms with Crippen molar-refractivity contribution in [2.75, 3.05) is 11.1 Å². The van der Waals surface area contributed by atoms with E-state index in [1.165, 1.54) is 52.4 Å². The van der Waals surface area contributed by atoms with Crippen LogP contribution >= 0.6 is 46.5 Å². The summed E-state index contributed by atoms with van der Waals surface area (Å²) in [6.45, 7) is 4.34. The highest BCUT2D eigenvalue weighted by atomic mass is 35.5. The van der Waals surface area contributed by atoms with E-state index in [0.717, 1.165) is 10.1 Å². The zero-order valence-electron chi connectivity index (χ0n) is 16.7. The Kier molecular flexibility index (Phi) is 8.30. The molecule has 2 aromatic carbocycles. The maximum absolute atomic E-state index is 12.2. The van der Waals surface area contributed by atoms with Gasteiger partial charge in [0.2, 0.25) is 5.91 Å². The molecule has 0 bridgehead atoms. The predicted octanol–water partition coefficient (Wildman–Crippen LogP) is 6.25. The van der Waals surface area contributed by atoms with Gasteiger partial charge in [-0.1, -0.05) is 84.6 Å². The third-order valence-corrected chi connectivity index (χ3v) is 7.73. The number of amides is 1. The highest BCUT2D eigenvalue weighted by molar-refractivity contribution is 8.03. The van der Waals surface area contributed by atoms with Gasteiger partial charge in [0.05, 0.1) is 21.4 Å². The quantitative estimate of drug-likeness (QED) is 0.213. The van der Waals surface area contributed by atoms with Crippen LogP contribution in [0.15, 0.2) is 51.1 Å². The van der Waals surface area contributed by atoms with Crippen LogP contribution in [0, 0.1) is 10.1 Å². The topological polar surface area (TPSA) is 98.0 Å². The number of non-ortho nitro benzene ring substituents is 1. The first-order valence-electron chi connectivity index (χ1n) is 9.23. The number of carbonyl (C=O) groups is 1. The molecular formula is C20H19ClN4O3S3. The summed E-state index contributed by atoms with van der Waals surface area (Å²) in [5.41, 5.74) is 2.73. The second-order valence-electron chi connectivity index (χ2n) is 6.78. The summed E-state index contributed by atoms with van der Waals surface area (Å²) in [5, 5.41) is 21.8. The van der Waals surface area contributed by atoms with E-state index in [9.17, 15) is 14.9 Å². The Morgan fingerprint density at radius 1 is 1.16 bits per heavy atom. The largest absolute Gasteiger partial charge is 0.324 e. The summed E-state index contributed by atoms with van der Waals surface area (Å²) in [4.78, 5) is 22.4. The lowest BCUT2D eigenvalue weighted by molar-refractivity contribution is -0.384. The SMILES string of the molecule is CC(C)c1ccc(CSc2nnc(SCC(=O)Nc3ccc([N+](=O)[O-])cc3Cl)s2)cc1. The predicted molar refractivity (Wildman–Crippen MR) is 127 cm³/mol. The number of rotatable bonds is 9. The molecule has 1 aromatic heterocycles. The molecule has 0 radical (unpaired) electrons. The molecule has 0 spiro atoms. The van der Waals surface area contributed by atoms with Gasteiger partial charge >= 0.3 is 0 Å². The summed E-state index contributed by atoms with van der Waals surface area (Å²) in [7, 11) is 0. The third-order valence-electron chi connectivity index (χ3n) is 4.16. The van der Waals surface area contributed by atoms with E-state index in [-0.39, 0.29) is 22.4 Å². The molecule has 0 aliphatic heterocycles. The highest BCUT2D eigenvalue weighted by Gasteiger charge is 2.13. The van der Waals surface area contributed by atoms with Gasteiger partial charge in [0, 0.05) is 17.9 Å². The first-order chi connectivity index (χ1) is 14.8. The van der Waals surface area contributed by atoms with Crippen LogP contribution in [-0.4, -0.2) is 26.8 Å². The van der Waals surface area contributed by atoms with Crippen LogP contribution in [0.2, 0.25) is 5.02 Å². The molecule has 11 heteroatoms. The Labute approximate surface area is 197 Å². The summed E-state index contributed by atoms with van der Waals surface area (Å²) >= 11 is 10.3. The molecule has 0 unspecified atom stereocenters. The number of halogens is 1. The summed E-state index contributed by atoms with van der Waals surface area (Å²) < 4.78 is 1.54. The van der Waals surface area contributed by atoms with Crippen LogP contribution in [-0.2, 0) is 10.5 Å². The van der Waals surface area contributed by atoms with Gasteiger partial charge in [-0.05, 0) is 23.1 Å². The van der Waals surface area contributed by atoms with Gasteiger partial charge in [-0.3, -0.25) is 14.9 Å². The molecular weight excluding hydrogens is 476 g/mol. The number of carbonyl (C=O) groups excluding carboxylic acids is 1. The van der Waals surface area contributed by atoms with Gasteiger partial charge in [-0.2, -0.15) is 0 Å². The average molecular weight is 495 g/mol. The van der Waals surface area contributed by atoms with Crippen molar-refractivity contribution < 1.29 is 9.72 Å². The van der Waals surface area contributed by atoms with Crippen LogP contribution < -0.4 is 5.32 Å². The number of hydrogen-bond donors (Lipinski definition) is 1. The van der Waals surface area contributed by atoms with Crippen molar-refractivity contribution in [3.63, 3.8) is 0 Å². The van der Waals surface area contributed by atoms with E-state index in [0.29, 0.717) is 15.9 Å². The normalized spacial score (nSPS) is 11.0. The maximum atomic E-state index is 12.2. The van der Waals surface area contributed by atoms with Gasteiger partial charge in [-0.15, -0.1) is 10.2 Å². The van der Waals surface area contributed by atoms with Crippen LogP contribution in [0.3, 0.4) is 0 Å². The molecule has 7 nitrogen and oxygen atoms in total. The second kappa shape index (κ2) is 10.9. The average Bonchev–Trinajstić information content (AvgIpc) is 3.20. The van der Waals surface area contributed by atoms with Gasteiger partial charge in [0.15, 0.2) is 8.68 Å². The van der Waals surface area contributed by atoms with Crippen molar-refractivity contribution in [2.24, 2.45) is 0 Å². The number of anilines is 1. The molecule has 3 rings (SSSR count). The van der Waals surface area contributed by atoms with Crippen LogP contribution in [0.5, 0.6) is 0 Å². The van der Waals surface area contributed by atoms with Crippen LogP contribution in [0.4, 0.5) is 11.4 Å². The van der Waals surface area contributed by atoms with Gasteiger partial charge in [0.1, 0.15) is 0 Å². The van der Waals surface area contributed by atoms with Crippen molar-refractivity contribution >= 4 is 63.7 Å². The molecule has 0 fully saturated rings. The van der Waals surface area contributed by atoms with E-state index < -0.39 is 4.92 Å². The minimum atomic E-state index is -0.543. The molecule has 0 atom stereocenters. The fraction of sp³-hybridized carbons (Fsp3) is 0.250. The standard InChI is InChI=1S/C20H19ClN4O3S3/c1-12(2)14-5-3-13(4-6-14)10-29-19-23-24-20(31-19)30-11-18(26)22-17-8-7-15(25(27)28)9-16(17)21/h3-9,12H,10-11H2,1-2H3,(H,22,26). The summed E-state index contributed by atoms with van der Waals surface area (Å²) in [6, 6.07) is 12.5. The smallest absolute Gasteiger partial charge is 0.271 e. The Hall–Kier alpha value is -2.14. The number of nitrogens with one attached hydrogen (secondary N) is 1. The number of nitro benzene ring substituents is 1. The monoisotopic (exact) mass is 494 g/mol. The molecule has 1 N–H and O–H groups in total. The van der Waals surface area contributed by atoms with Gasteiger partial charge < -0.3 is 5.32 Å². The molecule has 0 aliphatic rings. The number of nitro groups is 1. The molecule has 162 valence electrons. The van der Waals surface area contributed by atoms with E-state index in [4.69, 9.17) is 11.6 Å². The Balaban J connectivity index is 1.47. The van der Waals surface area contributed by atoms with Crippen LogP contribution in [0.25, 0.3) is 0 Å². The Bertz CT molecular complexity index is 1070. The lowest BCUT2D eigenvalue weighted by Gasteiger charge is -2.06. The zero-order valence-corrected chi connectivity index (χ0v) is 19.9. The van der Waals surface area contributed by atoms with Crippen LogP contribution in [0.1, 0.15) is 30.9 Å². The molecule has 1 amide bonds. The first-order valence-corrected chi connectivity index (χ1v) is 12.4. The van der Waals surface area contributed by atoms with Crippen molar-refractivity contribution in [1.82, 2.24) is 10.2 Å². The highest BCUT2D eigenvalue weighted by Crippen LogP contribution is 2.31. The van der Waals surface area contributed by atoms with E-state index in [1.807, 2.05) is 0 Å². The van der Waals surface area contributed by atoms with E-state index in [1.54, 1.807) is 11.8 Å². The van der Waals surface area contributed by atoms with E-state index >= 15 is 0 Å². The maximum Gasteiger partial charge on any atom is 0.271 e. The molecule has 0 saturated heterocycles. The number of nitrogens with zero attached hydrogens (tertiary/aromatic N) is 3. The number of aromatic nitrogens is 2. The zero-order chi connectivity index (χ0) is 22.4. The second-order valence-corrected chi connectivity index (χ2v) is 10.6. The van der Waals surface area contributed by atoms with E-state index in [2.05, 4.69) is 53.6 Å². The minimum Gasteiger partial charge on any atom is -0.324 e. The first kappa shape index (κ1) is 23.5.